The fourth-order valence-corrected chi connectivity index (χ4v) is 1.65. The van der Waals surface area contributed by atoms with Gasteiger partial charge >= 0.3 is 0 Å². The highest BCUT2D eigenvalue weighted by Crippen LogP contribution is 2.20. The molecule has 90 valence electrons. The van der Waals surface area contributed by atoms with Crippen LogP contribution >= 0.6 is 0 Å². The average Bonchev–Trinajstić information content (AvgIpc) is 2.73. The van der Waals surface area contributed by atoms with Gasteiger partial charge in [-0.2, -0.15) is 0 Å². The van der Waals surface area contributed by atoms with Gasteiger partial charge in [0.25, 0.3) is 0 Å². The van der Waals surface area contributed by atoms with Gasteiger partial charge in [-0.25, -0.2) is 4.98 Å². The summed E-state index contributed by atoms with van der Waals surface area (Å²) in [5.41, 5.74) is 1.91. The Morgan fingerprint density at radius 3 is 2.88 bits per heavy atom. The molecule has 1 N–H and O–H groups in total. The number of aliphatic hydroxyl groups excluding tert-OH is 1. The van der Waals surface area contributed by atoms with Crippen molar-refractivity contribution in [2.24, 2.45) is 7.05 Å². The van der Waals surface area contributed by atoms with Crippen molar-refractivity contribution in [1.29, 1.82) is 0 Å². The molecule has 4 nitrogen and oxygen atoms in total. The molecular weight excluding hydrogens is 216 g/mol. The average molecular weight is 232 g/mol. The van der Waals surface area contributed by atoms with E-state index in [4.69, 9.17) is 4.74 Å². The van der Waals surface area contributed by atoms with E-state index in [1.807, 2.05) is 42.9 Å². The maximum atomic E-state index is 9.25. The van der Waals surface area contributed by atoms with Crippen molar-refractivity contribution in [2.45, 2.75) is 20.1 Å². The lowest BCUT2D eigenvalue weighted by molar-refractivity contribution is 0.254. The summed E-state index contributed by atoms with van der Waals surface area (Å²) in [6, 6.07) is 5.77. The summed E-state index contributed by atoms with van der Waals surface area (Å²) < 4.78 is 7.57. The molecule has 0 aliphatic carbocycles. The minimum Gasteiger partial charge on any atom is -0.485 e. The van der Waals surface area contributed by atoms with E-state index >= 15 is 0 Å². The molecule has 0 spiro atoms. The van der Waals surface area contributed by atoms with Gasteiger partial charge in [-0.1, -0.05) is 17.7 Å². The van der Waals surface area contributed by atoms with Crippen LogP contribution in [0.25, 0.3) is 0 Å². The van der Waals surface area contributed by atoms with Crippen molar-refractivity contribution in [2.75, 3.05) is 0 Å². The molecule has 0 unspecified atom stereocenters. The molecule has 1 aromatic carbocycles. The first-order chi connectivity index (χ1) is 8.20. The maximum absolute atomic E-state index is 9.25. The van der Waals surface area contributed by atoms with E-state index in [-0.39, 0.29) is 6.61 Å². The van der Waals surface area contributed by atoms with E-state index in [1.54, 1.807) is 6.20 Å². The Bertz CT molecular complexity index is 506. The highest BCUT2D eigenvalue weighted by molar-refractivity contribution is 5.36. The first-order valence-corrected chi connectivity index (χ1v) is 5.50. The number of aryl methyl sites for hydroxylation is 2. The van der Waals surface area contributed by atoms with Gasteiger partial charge in [0.2, 0.25) is 0 Å². The minimum absolute atomic E-state index is 0.0163. The summed E-state index contributed by atoms with van der Waals surface area (Å²) in [5.74, 6) is 1.57. The van der Waals surface area contributed by atoms with Gasteiger partial charge in [0.15, 0.2) is 0 Å². The smallest absolute Gasteiger partial charge is 0.146 e. The van der Waals surface area contributed by atoms with Crippen LogP contribution in [0.3, 0.4) is 0 Å². The van der Waals surface area contributed by atoms with Crippen LogP contribution in [0.15, 0.2) is 30.6 Å². The number of aliphatic hydroxyl groups is 1. The molecule has 0 atom stereocenters. The fraction of sp³-hybridized carbons (Fsp3) is 0.308. The van der Waals surface area contributed by atoms with Gasteiger partial charge in [0, 0.05) is 25.0 Å². The van der Waals surface area contributed by atoms with Gasteiger partial charge < -0.3 is 14.4 Å². The van der Waals surface area contributed by atoms with Crippen LogP contribution in [-0.4, -0.2) is 14.7 Å². The van der Waals surface area contributed by atoms with Crippen LogP contribution in [0, 0.1) is 6.92 Å². The summed E-state index contributed by atoms with van der Waals surface area (Å²) in [6.45, 7) is 2.37. The maximum Gasteiger partial charge on any atom is 0.146 e. The monoisotopic (exact) mass is 232 g/mol. The molecule has 0 fully saturated rings. The minimum atomic E-state index is -0.0163. The summed E-state index contributed by atoms with van der Waals surface area (Å²) in [4.78, 5) is 4.18. The zero-order chi connectivity index (χ0) is 12.3. The largest absolute Gasteiger partial charge is 0.485 e. The van der Waals surface area contributed by atoms with E-state index in [0.717, 1.165) is 17.0 Å². The van der Waals surface area contributed by atoms with E-state index in [1.165, 1.54) is 0 Å². The molecule has 0 radical (unpaired) electrons. The van der Waals surface area contributed by atoms with E-state index in [0.29, 0.717) is 12.4 Å². The second-order valence-corrected chi connectivity index (χ2v) is 4.01. The number of nitrogens with zero attached hydrogens (tertiary/aromatic N) is 2. The summed E-state index contributed by atoms with van der Waals surface area (Å²) in [6.07, 6.45) is 3.61. The number of ether oxygens (including phenoxy) is 1. The Labute approximate surface area is 100 Å². The first-order valence-electron chi connectivity index (χ1n) is 5.50. The van der Waals surface area contributed by atoms with Crippen molar-refractivity contribution in [3.05, 3.63) is 47.5 Å². The molecule has 0 aliphatic rings. The van der Waals surface area contributed by atoms with Gasteiger partial charge in [-0.05, 0) is 13.0 Å². The Kier molecular flexibility index (Phi) is 3.44. The Morgan fingerprint density at radius 1 is 1.41 bits per heavy atom. The zero-order valence-electron chi connectivity index (χ0n) is 10.1. The molecule has 2 rings (SSSR count). The Hall–Kier alpha value is -1.81. The molecule has 0 aliphatic heterocycles. The van der Waals surface area contributed by atoms with E-state index in [2.05, 4.69) is 4.98 Å². The van der Waals surface area contributed by atoms with Crippen molar-refractivity contribution < 1.29 is 9.84 Å². The predicted octanol–water partition coefficient (Wildman–Crippen LogP) is 1.80. The Morgan fingerprint density at radius 2 is 2.24 bits per heavy atom. The topological polar surface area (TPSA) is 47.3 Å². The van der Waals surface area contributed by atoms with Crippen molar-refractivity contribution >= 4 is 0 Å². The van der Waals surface area contributed by atoms with Gasteiger partial charge in [0.05, 0.1) is 6.61 Å². The zero-order valence-corrected chi connectivity index (χ0v) is 10.1. The molecule has 0 amide bonds. The third kappa shape index (κ3) is 2.65. The summed E-state index contributed by atoms with van der Waals surface area (Å²) in [5, 5.41) is 9.25. The quantitative estimate of drug-likeness (QED) is 0.874. The lowest BCUT2D eigenvalue weighted by Gasteiger charge is -2.10. The third-order valence-electron chi connectivity index (χ3n) is 2.66. The molecule has 0 saturated carbocycles. The SMILES string of the molecule is Cc1ccc(OCc2nccn2C)c(CO)c1. The van der Waals surface area contributed by atoms with Crippen molar-refractivity contribution in [3.63, 3.8) is 0 Å². The van der Waals surface area contributed by atoms with Crippen molar-refractivity contribution in [1.82, 2.24) is 9.55 Å². The summed E-state index contributed by atoms with van der Waals surface area (Å²) >= 11 is 0. The van der Waals surface area contributed by atoms with E-state index < -0.39 is 0 Å². The second-order valence-electron chi connectivity index (χ2n) is 4.01. The normalized spacial score (nSPS) is 10.5. The lowest BCUT2D eigenvalue weighted by atomic mass is 10.1. The molecular formula is C13H16N2O2. The molecule has 1 heterocycles. The fourth-order valence-electron chi connectivity index (χ4n) is 1.65. The number of aromatic nitrogens is 2. The molecule has 1 aromatic heterocycles. The number of hydrogen-bond acceptors (Lipinski definition) is 3. The predicted molar refractivity (Wildman–Crippen MR) is 64.6 cm³/mol. The number of imidazole rings is 1. The molecule has 2 aromatic rings. The highest BCUT2D eigenvalue weighted by Gasteiger charge is 2.05. The van der Waals surface area contributed by atoms with E-state index in [9.17, 15) is 5.11 Å². The molecule has 0 saturated heterocycles. The number of benzene rings is 1. The molecule has 4 heteroatoms. The Balaban J connectivity index is 2.11. The molecule has 0 bridgehead atoms. The highest BCUT2D eigenvalue weighted by atomic mass is 16.5. The van der Waals surface area contributed by atoms with Crippen LogP contribution in [0.4, 0.5) is 0 Å². The number of hydrogen-bond donors (Lipinski definition) is 1. The second kappa shape index (κ2) is 5.01. The summed E-state index contributed by atoms with van der Waals surface area (Å²) in [7, 11) is 1.92. The van der Waals surface area contributed by atoms with Crippen LogP contribution < -0.4 is 4.74 Å². The van der Waals surface area contributed by atoms with Crippen LogP contribution in [-0.2, 0) is 20.3 Å². The standard InChI is InChI=1S/C13H16N2O2/c1-10-3-4-12(11(7-10)8-16)17-9-13-14-5-6-15(13)2/h3-7,16H,8-9H2,1-2H3. The van der Waals surface area contributed by atoms with Gasteiger partial charge in [-0.15, -0.1) is 0 Å². The van der Waals surface area contributed by atoms with Crippen LogP contribution in [0.1, 0.15) is 17.0 Å². The molecule has 17 heavy (non-hydrogen) atoms. The van der Waals surface area contributed by atoms with Gasteiger partial charge in [0.1, 0.15) is 18.2 Å². The van der Waals surface area contributed by atoms with Crippen LogP contribution in [0.5, 0.6) is 5.75 Å². The lowest BCUT2D eigenvalue weighted by Crippen LogP contribution is -2.04. The van der Waals surface area contributed by atoms with Crippen molar-refractivity contribution in [3.8, 4) is 5.75 Å². The number of rotatable bonds is 4. The first kappa shape index (κ1) is 11.7. The van der Waals surface area contributed by atoms with Crippen LogP contribution in [0.2, 0.25) is 0 Å². The van der Waals surface area contributed by atoms with Gasteiger partial charge in [-0.3, -0.25) is 0 Å². The third-order valence-corrected chi connectivity index (χ3v) is 2.66.